The van der Waals surface area contributed by atoms with Crippen LogP contribution in [0.5, 0.6) is 0 Å². The molecule has 1 aliphatic rings. The fourth-order valence-corrected chi connectivity index (χ4v) is 2.63. The van der Waals surface area contributed by atoms with Gasteiger partial charge in [0.2, 0.25) is 0 Å². The zero-order chi connectivity index (χ0) is 12.5. The van der Waals surface area contributed by atoms with Crippen LogP contribution < -0.4 is 0 Å². The molecule has 4 heteroatoms. The van der Waals surface area contributed by atoms with Gasteiger partial charge in [-0.2, -0.15) is 0 Å². The Kier molecular flexibility index (Phi) is 3.15. The SMILES string of the molecule is Cc1cccnc1C1(C(=O)O)CCC(O)CC1. The van der Waals surface area contributed by atoms with Crippen LogP contribution in [-0.2, 0) is 10.2 Å². The number of aliphatic hydroxyl groups is 1. The Morgan fingerprint density at radius 2 is 2.12 bits per heavy atom. The van der Waals surface area contributed by atoms with Crippen LogP contribution in [0.15, 0.2) is 18.3 Å². The largest absolute Gasteiger partial charge is 0.481 e. The number of hydrogen-bond acceptors (Lipinski definition) is 3. The monoisotopic (exact) mass is 235 g/mol. The van der Waals surface area contributed by atoms with Gasteiger partial charge >= 0.3 is 5.97 Å². The van der Waals surface area contributed by atoms with Gasteiger partial charge in [-0.15, -0.1) is 0 Å². The Hall–Kier alpha value is -1.42. The van der Waals surface area contributed by atoms with Gasteiger partial charge in [0.1, 0.15) is 5.41 Å². The molecule has 1 aliphatic carbocycles. The van der Waals surface area contributed by atoms with Crippen LogP contribution in [0.2, 0.25) is 0 Å². The van der Waals surface area contributed by atoms with E-state index < -0.39 is 11.4 Å². The van der Waals surface area contributed by atoms with E-state index in [1.165, 1.54) is 0 Å². The molecular formula is C13H17NO3. The van der Waals surface area contributed by atoms with Crippen molar-refractivity contribution in [2.24, 2.45) is 0 Å². The Bertz CT molecular complexity index is 422. The van der Waals surface area contributed by atoms with E-state index in [4.69, 9.17) is 0 Å². The predicted molar refractivity (Wildman–Crippen MR) is 62.8 cm³/mol. The summed E-state index contributed by atoms with van der Waals surface area (Å²) in [6.45, 7) is 1.89. The van der Waals surface area contributed by atoms with Gasteiger partial charge in [-0.3, -0.25) is 9.78 Å². The van der Waals surface area contributed by atoms with Gasteiger partial charge < -0.3 is 10.2 Å². The van der Waals surface area contributed by atoms with Gasteiger partial charge in [0.05, 0.1) is 11.8 Å². The Morgan fingerprint density at radius 3 is 2.65 bits per heavy atom. The molecular weight excluding hydrogens is 218 g/mol. The van der Waals surface area contributed by atoms with Gasteiger partial charge in [-0.1, -0.05) is 6.07 Å². The lowest BCUT2D eigenvalue weighted by molar-refractivity contribution is -0.146. The molecule has 92 valence electrons. The molecule has 0 atom stereocenters. The van der Waals surface area contributed by atoms with E-state index in [1.807, 2.05) is 19.1 Å². The highest BCUT2D eigenvalue weighted by molar-refractivity contribution is 5.81. The van der Waals surface area contributed by atoms with Crippen LogP contribution in [0.1, 0.15) is 36.9 Å². The minimum Gasteiger partial charge on any atom is -0.481 e. The lowest BCUT2D eigenvalue weighted by Gasteiger charge is -2.35. The third-order valence-corrected chi connectivity index (χ3v) is 3.68. The van der Waals surface area contributed by atoms with Crippen LogP contribution in [0.25, 0.3) is 0 Å². The summed E-state index contributed by atoms with van der Waals surface area (Å²) in [5, 5.41) is 19.1. The maximum absolute atomic E-state index is 11.6. The number of carboxylic acid groups (broad SMARTS) is 1. The molecule has 0 amide bonds. The molecule has 0 aromatic carbocycles. The summed E-state index contributed by atoms with van der Waals surface area (Å²) >= 11 is 0. The number of carboxylic acids is 1. The molecule has 2 N–H and O–H groups in total. The van der Waals surface area contributed by atoms with E-state index in [0.29, 0.717) is 31.4 Å². The molecule has 1 fully saturated rings. The first-order valence-electron chi connectivity index (χ1n) is 5.90. The first kappa shape index (κ1) is 12.0. The van der Waals surface area contributed by atoms with Crippen molar-refractivity contribution in [3.63, 3.8) is 0 Å². The molecule has 1 aromatic heterocycles. The second-order valence-corrected chi connectivity index (χ2v) is 4.79. The van der Waals surface area contributed by atoms with E-state index in [9.17, 15) is 15.0 Å². The molecule has 1 heterocycles. The maximum atomic E-state index is 11.6. The molecule has 0 radical (unpaired) electrons. The summed E-state index contributed by atoms with van der Waals surface area (Å²) in [6, 6.07) is 3.70. The molecule has 0 saturated heterocycles. The summed E-state index contributed by atoms with van der Waals surface area (Å²) in [4.78, 5) is 15.9. The van der Waals surface area contributed by atoms with Crippen molar-refractivity contribution in [1.82, 2.24) is 4.98 Å². The third kappa shape index (κ3) is 2.05. The molecule has 2 rings (SSSR count). The van der Waals surface area contributed by atoms with E-state index in [0.717, 1.165) is 5.56 Å². The summed E-state index contributed by atoms with van der Waals surface area (Å²) < 4.78 is 0. The molecule has 0 spiro atoms. The molecule has 1 aromatic rings. The van der Waals surface area contributed by atoms with Crippen LogP contribution in [-0.4, -0.2) is 27.3 Å². The Morgan fingerprint density at radius 1 is 1.47 bits per heavy atom. The van der Waals surface area contributed by atoms with E-state index >= 15 is 0 Å². The Labute approximate surface area is 100 Å². The van der Waals surface area contributed by atoms with Gasteiger partial charge in [-0.05, 0) is 44.2 Å². The summed E-state index contributed by atoms with van der Waals surface area (Å²) in [5.74, 6) is -0.828. The molecule has 1 saturated carbocycles. The smallest absolute Gasteiger partial charge is 0.315 e. The Balaban J connectivity index is 2.42. The standard InChI is InChI=1S/C13H17NO3/c1-9-3-2-8-14-11(9)13(12(16)17)6-4-10(15)5-7-13/h2-3,8,10,15H,4-7H2,1H3,(H,16,17). The second kappa shape index (κ2) is 4.45. The fourth-order valence-electron chi connectivity index (χ4n) is 2.63. The molecule has 0 unspecified atom stereocenters. The molecule has 0 aliphatic heterocycles. The highest BCUT2D eigenvalue weighted by Gasteiger charge is 2.45. The minimum absolute atomic E-state index is 0.369. The fraction of sp³-hybridized carbons (Fsp3) is 0.538. The molecule has 17 heavy (non-hydrogen) atoms. The average molecular weight is 235 g/mol. The number of nitrogens with zero attached hydrogens (tertiary/aromatic N) is 1. The van der Waals surface area contributed by atoms with Crippen molar-refractivity contribution < 1.29 is 15.0 Å². The lowest BCUT2D eigenvalue weighted by Crippen LogP contribution is -2.42. The van der Waals surface area contributed by atoms with Crippen LogP contribution in [0, 0.1) is 6.92 Å². The zero-order valence-electron chi connectivity index (χ0n) is 9.89. The van der Waals surface area contributed by atoms with Gasteiger partial charge in [-0.25, -0.2) is 0 Å². The lowest BCUT2D eigenvalue weighted by atomic mass is 9.70. The molecule has 0 bridgehead atoms. The quantitative estimate of drug-likeness (QED) is 0.817. The number of pyridine rings is 1. The number of aliphatic hydroxyl groups excluding tert-OH is 1. The van der Waals surface area contributed by atoms with Gasteiger partial charge in [0, 0.05) is 6.20 Å². The van der Waals surface area contributed by atoms with Crippen molar-refractivity contribution in [2.75, 3.05) is 0 Å². The molecule has 4 nitrogen and oxygen atoms in total. The van der Waals surface area contributed by atoms with Crippen LogP contribution in [0.3, 0.4) is 0 Å². The first-order valence-corrected chi connectivity index (χ1v) is 5.90. The predicted octanol–water partition coefficient (Wildman–Crippen LogP) is 1.65. The maximum Gasteiger partial charge on any atom is 0.315 e. The van der Waals surface area contributed by atoms with Gasteiger partial charge in [0.25, 0.3) is 0 Å². The summed E-state index contributed by atoms with van der Waals surface area (Å²) in [6.07, 6.45) is 3.25. The van der Waals surface area contributed by atoms with Crippen LogP contribution >= 0.6 is 0 Å². The van der Waals surface area contributed by atoms with E-state index in [2.05, 4.69) is 4.98 Å². The van der Waals surface area contributed by atoms with Crippen molar-refractivity contribution in [2.45, 2.75) is 44.1 Å². The average Bonchev–Trinajstić information content (AvgIpc) is 2.31. The van der Waals surface area contributed by atoms with E-state index in [1.54, 1.807) is 6.20 Å². The number of aryl methyl sites for hydroxylation is 1. The minimum atomic E-state index is -0.912. The number of carbonyl (C=O) groups is 1. The first-order chi connectivity index (χ1) is 8.06. The summed E-state index contributed by atoms with van der Waals surface area (Å²) in [5.41, 5.74) is 0.649. The number of hydrogen-bond donors (Lipinski definition) is 2. The van der Waals surface area contributed by atoms with Crippen molar-refractivity contribution in [1.29, 1.82) is 0 Å². The van der Waals surface area contributed by atoms with Crippen LogP contribution in [0.4, 0.5) is 0 Å². The second-order valence-electron chi connectivity index (χ2n) is 4.79. The highest BCUT2D eigenvalue weighted by atomic mass is 16.4. The number of aliphatic carboxylic acids is 1. The van der Waals surface area contributed by atoms with Crippen molar-refractivity contribution in [3.8, 4) is 0 Å². The number of rotatable bonds is 2. The van der Waals surface area contributed by atoms with E-state index in [-0.39, 0.29) is 6.10 Å². The third-order valence-electron chi connectivity index (χ3n) is 3.68. The number of aromatic nitrogens is 1. The summed E-state index contributed by atoms with van der Waals surface area (Å²) in [7, 11) is 0. The van der Waals surface area contributed by atoms with Crippen molar-refractivity contribution in [3.05, 3.63) is 29.6 Å². The highest BCUT2D eigenvalue weighted by Crippen LogP contribution is 2.40. The normalized spacial score (nSPS) is 28.9. The van der Waals surface area contributed by atoms with Crippen molar-refractivity contribution >= 4 is 5.97 Å². The topological polar surface area (TPSA) is 70.4 Å². The zero-order valence-corrected chi connectivity index (χ0v) is 9.89. The van der Waals surface area contributed by atoms with Gasteiger partial charge in [0.15, 0.2) is 0 Å².